The molecular formula is C35H33N3O3S. The summed E-state index contributed by atoms with van der Waals surface area (Å²) in [6.45, 7) is 0.303. The van der Waals surface area contributed by atoms with Gasteiger partial charge in [0.2, 0.25) is 5.91 Å². The smallest absolute Gasteiger partial charge is 0.354 e. The van der Waals surface area contributed by atoms with E-state index in [9.17, 15) is 9.59 Å². The van der Waals surface area contributed by atoms with Gasteiger partial charge in [-0.25, -0.2) is 4.79 Å². The van der Waals surface area contributed by atoms with Gasteiger partial charge < -0.3 is 20.4 Å². The zero-order valence-electron chi connectivity index (χ0n) is 23.4. The molecule has 42 heavy (non-hydrogen) atoms. The summed E-state index contributed by atoms with van der Waals surface area (Å²) in [5.41, 5.74) is 11.8. The first-order valence-corrected chi connectivity index (χ1v) is 14.7. The second-order valence-electron chi connectivity index (χ2n) is 9.87. The van der Waals surface area contributed by atoms with Gasteiger partial charge in [-0.1, -0.05) is 121 Å². The Bertz CT molecular complexity index is 1500. The van der Waals surface area contributed by atoms with Crippen LogP contribution in [0.3, 0.4) is 0 Å². The molecule has 5 aromatic rings. The maximum absolute atomic E-state index is 14.1. The molecule has 1 amide bonds. The second-order valence-corrected chi connectivity index (χ2v) is 11.1. The lowest BCUT2D eigenvalue weighted by Gasteiger charge is -2.36. The van der Waals surface area contributed by atoms with Crippen molar-refractivity contribution in [2.45, 2.75) is 17.3 Å². The number of aromatic amines is 1. The van der Waals surface area contributed by atoms with Gasteiger partial charge in [0, 0.05) is 11.9 Å². The summed E-state index contributed by atoms with van der Waals surface area (Å²) in [7, 11) is 1.32. The van der Waals surface area contributed by atoms with Gasteiger partial charge in [0.05, 0.1) is 30.1 Å². The fourth-order valence-electron chi connectivity index (χ4n) is 5.08. The molecule has 0 fully saturated rings. The molecule has 0 saturated heterocycles. The molecule has 1 aromatic heterocycles. The Morgan fingerprint density at radius 2 is 1.29 bits per heavy atom. The van der Waals surface area contributed by atoms with Crippen LogP contribution >= 0.6 is 11.8 Å². The Labute approximate surface area is 250 Å². The summed E-state index contributed by atoms with van der Waals surface area (Å²) in [5, 5.41) is 0. The predicted octanol–water partition coefficient (Wildman–Crippen LogP) is 6.39. The van der Waals surface area contributed by atoms with Crippen molar-refractivity contribution < 1.29 is 14.3 Å². The van der Waals surface area contributed by atoms with Gasteiger partial charge in [-0.3, -0.25) is 4.79 Å². The summed E-state index contributed by atoms with van der Waals surface area (Å²) >= 11 is 1.64. The van der Waals surface area contributed by atoms with Crippen LogP contribution in [0.5, 0.6) is 0 Å². The molecule has 0 unspecified atom stereocenters. The van der Waals surface area contributed by atoms with E-state index in [2.05, 4.69) is 41.4 Å². The van der Waals surface area contributed by atoms with Gasteiger partial charge in [-0.05, 0) is 28.3 Å². The number of esters is 1. The maximum Gasteiger partial charge on any atom is 0.354 e. The molecule has 6 nitrogen and oxygen atoms in total. The number of nitrogens with two attached hydrogens (primary N) is 1. The Morgan fingerprint density at radius 1 is 0.810 bits per heavy atom. The van der Waals surface area contributed by atoms with E-state index in [-0.39, 0.29) is 11.6 Å². The molecule has 1 atom stereocenters. The number of ether oxygens (including phenoxy) is 1. The van der Waals surface area contributed by atoms with Crippen LogP contribution in [0.25, 0.3) is 0 Å². The number of rotatable bonds is 11. The first-order valence-electron chi connectivity index (χ1n) is 13.7. The second kappa shape index (κ2) is 13.4. The minimum atomic E-state index is -0.828. The van der Waals surface area contributed by atoms with Crippen molar-refractivity contribution in [1.82, 2.24) is 4.98 Å². The van der Waals surface area contributed by atoms with Crippen molar-refractivity contribution >= 4 is 29.3 Å². The summed E-state index contributed by atoms with van der Waals surface area (Å²) in [4.78, 5) is 30.8. The van der Waals surface area contributed by atoms with Crippen molar-refractivity contribution in [2.75, 3.05) is 17.8 Å². The Hall–Kier alpha value is -4.59. The van der Waals surface area contributed by atoms with Crippen LogP contribution in [0.4, 0.5) is 5.69 Å². The highest BCUT2D eigenvalue weighted by Crippen LogP contribution is 2.48. The van der Waals surface area contributed by atoms with Crippen LogP contribution in [0, 0.1) is 0 Å². The molecule has 0 radical (unpaired) electrons. The Balaban J connectivity index is 1.50. The number of carbonyl (C=O) groups is 2. The fourth-order valence-corrected chi connectivity index (χ4v) is 6.56. The largest absolute Gasteiger partial charge is 0.464 e. The molecule has 0 saturated carbocycles. The molecule has 1 heterocycles. The molecule has 0 aliphatic carbocycles. The normalized spacial score (nSPS) is 12.0. The highest BCUT2D eigenvalue weighted by atomic mass is 32.2. The number of amides is 1. The number of anilines is 1. The Kier molecular flexibility index (Phi) is 9.21. The van der Waals surface area contributed by atoms with Gasteiger partial charge in [-0.2, -0.15) is 0 Å². The number of hydrogen-bond acceptors (Lipinski definition) is 5. The van der Waals surface area contributed by atoms with Crippen LogP contribution in [0.15, 0.2) is 134 Å². The molecule has 0 spiro atoms. The lowest BCUT2D eigenvalue weighted by atomic mass is 9.84. The number of thioether (sulfide) groups is 1. The highest BCUT2D eigenvalue weighted by Gasteiger charge is 2.38. The van der Waals surface area contributed by atoms with Gasteiger partial charge in [0.15, 0.2) is 0 Å². The zero-order valence-corrected chi connectivity index (χ0v) is 24.2. The van der Waals surface area contributed by atoms with E-state index in [0.717, 1.165) is 22.3 Å². The SMILES string of the molecule is COC(=O)c1cc(N(Cc2ccccc2)C(=O)[C@@H](N)CSC(c2ccccc2)(c2ccccc2)c2ccccc2)c[nH]1. The van der Waals surface area contributed by atoms with E-state index in [1.807, 2.05) is 84.9 Å². The first kappa shape index (κ1) is 28.9. The van der Waals surface area contributed by atoms with Crippen molar-refractivity contribution in [3.05, 3.63) is 162 Å². The first-order chi connectivity index (χ1) is 20.5. The molecule has 4 aromatic carbocycles. The predicted molar refractivity (Wildman–Crippen MR) is 169 cm³/mol. The minimum Gasteiger partial charge on any atom is -0.464 e. The number of nitrogens with one attached hydrogen (secondary N) is 1. The van der Waals surface area contributed by atoms with Crippen LogP contribution in [0.1, 0.15) is 32.7 Å². The van der Waals surface area contributed by atoms with Crippen LogP contribution in [0.2, 0.25) is 0 Å². The van der Waals surface area contributed by atoms with Crippen LogP contribution in [-0.2, 0) is 20.8 Å². The van der Waals surface area contributed by atoms with E-state index in [1.165, 1.54) is 7.11 Å². The molecule has 0 aliphatic heterocycles. The number of H-pyrrole nitrogens is 1. The van der Waals surface area contributed by atoms with Gasteiger partial charge >= 0.3 is 5.97 Å². The number of methoxy groups -OCH3 is 1. The molecule has 0 aliphatic rings. The van der Waals surface area contributed by atoms with Gasteiger partial charge in [-0.15, -0.1) is 11.8 Å². The fraction of sp³-hybridized carbons (Fsp3) is 0.143. The number of carbonyl (C=O) groups excluding carboxylic acids is 2. The van der Waals surface area contributed by atoms with Gasteiger partial charge in [0.1, 0.15) is 5.69 Å². The highest BCUT2D eigenvalue weighted by molar-refractivity contribution is 8.00. The lowest BCUT2D eigenvalue weighted by molar-refractivity contribution is -0.119. The lowest BCUT2D eigenvalue weighted by Crippen LogP contribution is -2.46. The molecule has 3 N–H and O–H groups in total. The average molecular weight is 576 g/mol. The molecule has 0 bridgehead atoms. The summed E-state index contributed by atoms with van der Waals surface area (Å²) in [6.07, 6.45) is 1.63. The van der Waals surface area contributed by atoms with Crippen molar-refractivity contribution in [1.29, 1.82) is 0 Å². The molecule has 5 rings (SSSR count). The van der Waals surface area contributed by atoms with Crippen LogP contribution < -0.4 is 10.6 Å². The number of aromatic nitrogens is 1. The monoisotopic (exact) mass is 575 g/mol. The van der Waals surface area contributed by atoms with E-state index in [4.69, 9.17) is 10.5 Å². The standard InChI is InChI=1S/C35H33N3O3S/c1-41-34(40)32-22-30(23-37-32)38(24-26-14-6-2-7-15-26)33(39)31(36)25-42-35(27-16-8-3-9-17-27,28-18-10-4-11-19-28)29-20-12-5-13-21-29/h2-23,31,37H,24-25,36H2,1H3/t31-/m0/s1. The van der Waals surface area contributed by atoms with Crippen molar-refractivity contribution in [2.24, 2.45) is 5.73 Å². The number of nitrogens with zero attached hydrogens (tertiary/aromatic N) is 1. The van der Waals surface area contributed by atoms with E-state index < -0.39 is 16.8 Å². The summed E-state index contributed by atoms with van der Waals surface area (Å²) in [5.74, 6) is -0.409. The van der Waals surface area contributed by atoms with E-state index in [1.54, 1.807) is 28.9 Å². The van der Waals surface area contributed by atoms with E-state index >= 15 is 0 Å². The molecule has 212 valence electrons. The van der Waals surface area contributed by atoms with Crippen molar-refractivity contribution in [3.8, 4) is 0 Å². The number of hydrogen-bond donors (Lipinski definition) is 2. The number of benzene rings is 4. The zero-order chi connectivity index (χ0) is 29.4. The topological polar surface area (TPSA) is 88.4 Å². The van der Waals surface area contributed by atoms with Crippen LogP contribution in [-0.4, -0.2) is 35.8 Å². The quantitative estimate of drug-likeness (QED) is 0.141. The Morgan fingerprint density at radius 3 is 1.76 bits per heavy atom. The molecule has 7 heteroatoms. The van der Waals surface area contributed by atoms with E-state index in [0.29, 0.717) is 18.0 Å². The maximum atomic E-state index is 14.1. The van der Waals surface area contributed by atoms with Gasteiger partial charge in [0.25, 0.3) is 0 Å². The summed E-state index contributed by atoms with van der Waals surface area (Å²) in [6, 6.07) is 41.5. The third-order valence-electron chi connectivity index (χ3n) is 7.17. The summed E-state index contributed by atoms with van der Waals surface area (Å²) < 4.78 is 4.26. The molecular weight excluding hydrogens is 542 g/mol. The third kappa shape index (κ3) is 6.17. The minimum absolute atomic E-state index is 0.246. The average Bonchev–Trinajstić information content (AvgIpc) is 3.55. The van der Waals surface area contributed by atoms with Crippen molar-refractivity contribution in [3.63, 3.8) is 0 Å². The third-order valence-corrected chi connectivity index (χ3v) is 8.84.